The topological polar surface area (TPSA) is 101 Å². The summed E-state index contributed by atoms with van der Waals surface area (Å²) in [6.45, 7) is 1.44. The standard InChI is InChI=1S/C21H21FN6O2/c22-15-1-3-16(4-2-15)26-19-13-23-8-5-18(19)28-20(29)14-11-24-21(25-12-14)27-17-6-9-30-10-7-17/h1-5,8,11-13,17,26H,6-7,9-10H2,(H,23,28,29)(H,24,25,27). The van der Waals surface area contributed by atoms with E-state index in [0.29, 0.717) is 28.6 Å². The lowest BCUT2D eigenvalue weighted by Gasteiger charge is -2.22. The van der Waals surface area contributed by atoms with E-state index in [4.69, 9.17) is 4.74 Å². The molecule has 4 rings (SSSR count). The van der Waals surface area contributed by atoms with Gasteiger partial charge < -0.3 is 20.7 Å². The van der Waals surface area contributed by atoms with Crippen LogP contribution in [-0.4, -0.2) is 40.1 Å². The maximum absolute atomic E-state index is 13.1. The molecule has 0 aliphatic carbocycles. The van der Waals surface area contributed by atoms with E-state index in [2.05, 4.69) is 30.9 Å². The van der Waals surface area contributed by atoms with E-state index >= 15 is 0 Å². The maximum Gasteiger partial charge on any atom is 0.258 e. The van der Waals surface area contributed by atoms with Crippen molar-refractivity contribution in [3.05, 3.63) is 66.5 Å². The minimum atomic E-state index is -0.346. The molecule has 1 fully saturated rings. The molecule has 1 aliphatic rings. The van der Waals surface area contributed by atoms with Crippen LogP contribution in [0.15, 0.2) is 55.1 Å². The number of benzene rings is 1. The fourth-order valence-electron chi connectivity index (χ4n) is 3.03. The van der Waals surface area contributed by atoms with Crippen LogP contribution < -0.4 is 16.0 Å². The normalized spacial score (nSPS) is 14.2. The summed E-state index contributed by atoms with van der Waals surface area (Å²) in [5, 5.41) is 9.20. The summed E-state index contributed by atoms with van der Waals surface area (Å²) in [4.78, 5) is 25.2. The molecule has 154 valence electrons. The molecule has 0 spiro atoms. The summed E-state index contributed by atoms with van der Waals surface area (Å²) in [6, 6.07) is 7.85. The third-order valence-electron chi connectivity index (χ3n) is 4.66. The molecule has 1 saturated heterocycles. The lowest BCUT2D eigenvalue weighted by atomic mass is 10.1. The molecule has 3 aromatic rings. The second kappa shape index (κ2) is 9.27. The average Bonchev–Trinajstić information content (AvgIpc) is 2.78. The van der Waals surface area contributed by atoms with Gasteiger partial charge in [-0.15, -0.1) is 0 Å². The van der Waals surface area contributed by atoms with Crippen molar-refractivity contribution in [1.82, 2.24) is 15.0 Å². The largest absolute Gasteiger partial charge is 0.381 e. The Balaban J connectivity index is 1.41. The number of carbonyl (C=O) groups excluding carboxylic acids is 1. The number of amides is 1. The van der Waals surface area contributed by atoms with Crippen LogP contribution in [0.4, 0.5) is 27.4 Å². The SMILES string of the molecule is O=C(Nc1ccncc1Nc1ccc(F)cc1)c1cnc(NC2CCOCC2)nc1. The minimum absolute atomic E-state index is 0.273. The zero-order valence-electron chi connectivity index (χ0n) is 16.1. The molecule has 3 N–H and O–H groups in total. The summed E-state index contributed by atoms with van der Waals surface area (Å²) in [6.07, 6.45) is 7.92. The van der Waals surface area contributed by atoms with E-state index in [1.54, 1.807) is 30.6 Å². The van der Waals surface area contributed by atoms with Gasteiger partial charge in [0.1, 0.15) is 5.82 Å². The Labute approximate surface area is 172 Å². The zero-order valence-corrected chi connectivity index (χ0v) is 16.1. The Morgan fingerprint density at radius 3 is 2.47 bits per heavy atom. The Bertz CT molecular complexity index is 991. The van der Waals surface area contributed by atoms with Crippen LogP contribution >= 0.6 is 0 Å². The van der Waals surface area contributed by atoms with Gasteiger partial charge in [-0.3, -0.25) is 9.78 Å². The first-order valence-electron chi connectivity index (χ1n) is 9.62. The third-order valence-corrected chi connectivity index (χ3v) is 4.66. The highest BCUT2D eigenvalue weighted by molar-refractivity contribution is 6.05. The van der Waals surface area contributed by atoms with Crippen LogP contribution in [0.2, 0.25) is 0 Å². The molecule has 0 unspecified atom stereocenters. The van der Waals surface area contributed by atoms with Gasteiger partial charge in [0, 0.05) is 43.5 Å². The summed E-state index contributed by atoms with van der Waals surface area (Å²) in [5.41, 5.74) is 2.11. The molecule has 2 aromatic heterocycles. The van der Waals surface area contributed by atoms with Crippen molar-refractivity contribution in [3.63, 3.8) is 0 Å². The van der Waals surface area contributed by atoms with E-state index in [-0.39, 0.29) is 17.8 Å². The van der Waals surface area contributed by atoms with Crippen molar-refractivity contribution in [2.24, 2.45) is 0 Å². The van der Waals surface area contributed by atoms with Gasteiger partial charge in [0.25, 0.3) is 5.91 Å². The summed E-state index contributed by atoms with van der Waals surface area (Å²) in [5.74, 6) is -0.183. The molecule has 0 bridgehead atoms. The van der Waals surface area contributed by atoms with Gasteiger partial charge in [0.05, 0.1) is 23.1 Å². The van der Waals surface area contributed by atoms with Crippen molar-refractivity contribution in [1.29, 1.82) is 0 Å². The lowest BCUT2D eigenvalue weighted by Crippen LogP contribution is -2.28. The smallest absolute Gasteiger partial charge is 0.258 e. The molecule has 1 amide bonds. The van der Waals surface area contributed by atoms with Gasteiger partial charge in [0.2, 0.25) is 5.95 Å². The first kappa shape index (κ1) is 19.7. The number of aromatic nitrogens is 3. The van der Waals surface area contributed by atoms with E-state index in [9.17, 15) is 9.18 Å². The van der Waals surface area contributed by atoms with Crippen molar-refractivity contribution in [3.8, 4) is 0 Å². The molecule has 1 aliphatic heterocycles. The number of hydrogen-bond donors (Lipinski definition) is 3. The molecule has 30 heavy (non-hydrogen) atoms. The van der Waals surface area contributed by atoms with E-state index in [0.717, 1.165) is 26.1 Å². The summed E-state index contributed by atoms with van der Waals surface area (Å²) in [7, 11) is 0. The van der Waals surface area contributed by atoms with Crippen molar-refractivity contribution in [2.45, 2.75) is 18.9 Å². The van der Waals surface area contributed by atoms with Gasteiger partial charge in [-0.1, -0.05) is 0 Å². The monoisotopic (exact) mass is 408 g/mol. The number of pyridine rings is 1. The molecule has 0 saturated carbocycles. The lowest BCUT2D eigenvalue weighted by molar-refractivity contribution is 0.0903. The third kappa shape index (κ3) is 5.06. The molecular weight excluding hydrogens is 387 g/mol. The van der Waals surface area contributed by atoms with E-state index in [1.807, 2.05) is 0 Å². The molecule has 0 radical (unpaired) electrons. The second-order valence-corrected chi connectivity index (χ2v) is 6.83. The molecule has 8 nitrogen and oxygen atoms in total. The van der Waals surface area contributed by atoms with Crippen molar-refractivity contribution < 1.29 is 13.9 Å². The minimum Gasteiger partial charge on any atom is -0.381 e. The predicted molar refractivity (Wildman–Crippen MR) is 111 cm³/mol. The fourth-order valence-corrected chi connectivity index (χ4v) is 3.03. The Morgan fingerprint density at radius 2 is 1.73 bits per heavy atom. The molecule has 9 heteroatoms. The van der Waals surface area contributed by atoms with Crippen LogP contribution in [0.1, 0.15) is 23.2 Å². The highest BCUT2D eigenvalue weighted by Gasteiger charge is 2.15. The van der Waals surface area contributed by atoms with Crippen molar-refractivity contribution in [2.75, 3.05) is 29.2 Å². The molecule has 1 aromatic carbocycles. The van der Waals surface area contributed by atoms with Gasteiger partial charge in [-0.05, 0) is 43.2 Å². The summed E-state index contributed by atoms with van der Waals surface area (Å²) < 4.78 is 18.4. The quantitative estimate of drug-likeness (QED) is 0.573. The van der Waals surface area contributed by atoms with Gasteiger partial charge in [-0.2, -0.15) is 0 Å². The first-order chi connectivity index (χ1) is 14.7. The van der Waals surface area contributed by atoms with Crippen LogP contribution in [0.25, 0.3) is 0 Å². The van der Waals surface area contributed by atoms with E-state index < -0.39 is 0 Å². The Hall–Kier alpha value is -3.59. The van der Waals surface area contributed by atoms with Crippen molar-refractivity contribution >= 4 is 28.9 Å². The average molecular weight is 408 g/mol. The van der Waals surface area contributed by atoms with Crippen LogP contribution in [-0.2, 0) is 4.74 Å². The highest BCUT2D eigenvalue weighted by atomic mass is 19.1. The van der Waals surface area contributed by atoms with Crippen LogP contribution in [0, 0.1) is 5.82 Å². The van der Waals surface area contributed by atoms with Gasteiger partial charge in [-0.25, -0.2) is 14.4 Å². The predicted octanol–water partition coefficient (Wildman–Crippen LogP) is 3.60. The number of rotatable bonds is 6. The van der Waals surface area contributed by atoms with Gasteiger partial charge in [0.15, 0.2) is 0 Å². The summed E-state index contributed by atoms with van der Waals surface area (Å²) >= 11 is 0. The van der Waals surface area contributed by atoms with Gasteiger partial charge >= 0.3 is 0 Å². The molecule has 3 heterocycles. The zero-order chi connectivity index (χ0) is 20.8. The second-order valence-electron chi connectivity index (χ2n) is 6.83. The van der Waals surface area contributed by atoms with E-state index in [1.165, 1.54) is 24.5 Å². The number of carbonyl (C=O) groups is 1. The maximum atomic E-state index is 13.1. The number of nitrogens with zero attached hydrogens (tertiary/aromatic N) is 3. The Morgan fingerprint density at radius 1 is 1.00 bits per heavy atom. The number of anilines is 4. The molecule has 0 atom stereocenters. The number of nitrogens with one attached hydrogen (secondary N) is 3. The van der Waals surface area contributed by atoms with Crippen LogP contribution in [0.3, 0.4) is 0 Å². The number of ether oxygens (including phenoxy) is 1. The number of halogens is 1. The number of hydrogen-bond acceptors (Lipinski definition) is 7. The Kier molecular flexibility index (Phi) is 6.09. The highest BCUT2D eigenvalue weighted by Crippen LogP contribution is 2.25. The molecular formula is C21H21FN6O2. The first-order valence-corrected chi connectivity index (χ1v) is 9.62. The fraction of sp³-hybridized carbons (Fsp3) is 0.238. The van der Waals surface area contributed by atoms with Crippen LogP contribution in [0.5, 0.6) is 0 Å².